The minimum Gasteiger partial charge on any atom is -0.298 e. The number of rotatable bonds is 4. The molecule has 15 heavy (non-hydrogen) atoms. The Morgan fingerprint density at radius 3 is 2.40 bits per heavy atom. The zero-order valence-corrected chi connectivity index (χ0v) is 9.67. The zero-order valence-electron chi connectivity index (χ0n) is 9.67. The molecule has 0 aliphatic heterocycles. The number of hydrogen-bond acceptors (Lipinski definition) is 2. The van der Waals surface area contributed by atoms with Gasteiger partial charge in [-0.15, -0.1) is 0 Å². The quantitative estimate of drug-likeness (QED) is 0.662. The maximum absolute atomic E-state index is 11.8. The maximum atomic E-state index is 11.8. The molecule has 1 unspecified atom stereocenters. The summed E-state index contributed by atoms with van der Waals surface area (Å²) in [5, 5.41) is 8.81. The predicted molar refractivity (Wildman–Crippen MR) is 60.2 cm³/mol. The minimum atomic E-state index is -0.353. The Bertz CT molecular complexity index is 233. The summed E-state index contributed by atoms with van der Waals surface area (Å²) in [4.78, 5) is 11.8. The molecule has 1 aliphatic rings. The van der Waals surface area contributed by atoms with Gasteiger partial charge in [0.25, 0.3) is 0 Å². The van der Waals surface area contributed by atoms with Gasteiger partial charge >= 0.3 is 0 Å². The van der Waals surface area contributed by atoms with Crippen molar-refractivity contribution in [3.8, 4) is 6.07 Å². The Labute approximate surface area is 92.7 Å². The van der Waals surface area contributed by atoms with Crippen LogP contribution < -0.4 is 0 Å². The maximum Gasteiger partial charge on any atom is 0.150 e. The van der Waals surface area contributed by atoms with E-state index in [2.05, 4.69) is 6.07 Å². The molecule has 0 radical (unpaired) electrons. The number of Topliss-reactive ketones (excluding diaryl/α,β-unsaturated/α-hetero) is 1. The first-order chi connectivity index (χ1) is 7.27. The average Bonchev–Trinajstić information content (AvgIpc) is 2.48. The third-order valence-corrected chi connectivity index (χ3v) is 3.42. The van der Waals surface area contributed by atoms with Crippen molar-refractivity contribution < 1.29 is 4.79 Å². The van der Waals surface area contributed by atoms with Crippen LogP contribution in [0.25, 0.3) is 0 Å². The Kier molecular flexibility index (Phi) is 5.39. The largest absolute Gasteiger partial charge is 0.298 e. The Balaban J connectivity index is 2.39. The van der Waals surface area contributed by atoms with Crippen LogP contribution in [0.1, 0.15) is 58.3 Å². The van der Waals surface area contributed by atoms with Gasteiger partial charge in [0.2, 0.25) is 0 Å². The third-order valence-electron chi connectivity index (χ3n) is 3.42. The highest BCUT2D eigenvalue weighted by Gasteiger charge is 2.21. The molecule has 1 atom stereocenters. The molecule has 0 aromatic heterocycles. The lowest BCUT2D eigenvalue weighted by atomic mass is 9.89. The fourth-order valence-electron chi connectivity index (χ4n) is 2.39. The highest BCUT2D eigenvalue weighted by atomic mass is 16.1. The van der Waals surface area contributed by atoms with Crippen LogP contribution in [0.2, 0.25) is 0 Å². The molecule has 0 saturated heterocycles. The predicted octanol–water partition coefficient (Wildman–Crippen LogP) is 3.47. The van der Waals surface area contributed by atoms with E-state index >= 15 is 0 Å². The van der Waals surface area contributed by atoms with Crippen LogP contribution in [-0.4, -0.2) is 5.78 Å². The number of nitrogens with zero attached hydrogens (tertiary/aromatic N) is 1. The van der Waals surface area contributed by atoms with E-state index in [1.54, 1.807) is 0 Å². The summed E-state index contributed by atoms with van der Waals surface area (Å²) in [5.74, 6) is 0.377. The van der Waals surface area contributed by atoms with Crippen LogP contribution in [-0.2, 0) is 4.79 Å². The van der Waals surface area contributed by atoms with Crippen LogP contribution in [0.15, 0.2) is 0 Å². The Hall–Kier alpha value is -0.840. The van der Waals surface area contributed by atoms with E-state index in [1.165, 1.54) is 38.5 Å². The lowest BCUT2D eigenvalue weighted by Crippen LogP contribution is -2.16. The molecule has 0 spiro atoms. The molecule has 1 aliphatic carbocycles. The van der Waals surface area contributed by atoms with Gasteiger partial charge in [-0.2, -0.15) is 5.26 Å². The molecule has 0 amide bonds. The second kappa shape index (κ2) is 6.61. The fourth-order valence-corrected chi connectivity index (χ4v) is 2.39. The van der Waals surface area contributed by atoms with Crippen LogP contribution in [0.4, 0.5) is 0 Å². The average molecular weight is 207 g/mol. The summed E-state index contributed by atoms with van der Waals surface area (Å²) in [5.41, 5.74) is 0. The molecule has 0 N–H and O–H groups in total. The van der Waals surface area contributed by atoms with Crippen molar-refractivity contribution in [3.63, 3.8) is 0 Å². The van der Waals surface area contributed by atoms with Crippen molar-refractivity contribution in [1.29, 1.82) is 5.26 Å². The second-order valence-electron chi connectivity index (χ2n) is 4.62. The highest BCUT2D eigenvalue weighted by molar-refractivity contribution is 5.83. The summed E-state index contributed by atoms with van der Waals surface area (Å²) < 4.78 is 0. The second-order valence-corrected chi connectivity index (χ2v) is 4.62. The van der Waals surface area contributed by atoms with Gasteiger partial charge in [0.05, 0.1) is 6.07 Å². The smallest absolute Gasteiger partial charge is 0.150 e. The minimum absolute atomic E-state index is 0.173. The van der Waals surface area contributed by atoms with E-state index in [4.69, 9.17) is 5.26 Å². The van der Waals surface area contributed by atoms with E-state index in [-0.39, 0.29) is 11.7 Å². The van der Waals surface area contributed by atoms with E-state index in [1.807, 2.05) is 6.92 Å². The number of hydrogen-bond donors (Lipinski definition) is 0. The van der Waals surface area contributed by atoms with E-state index in [0.29, 0.717) is 18.8 Å². The van der Waals surface area contributed by atoms with Crippen molar-refractivity contribution in [2.45, 2.75) is 58.3 Å². The first kappa shape index (κ1) is 12.2. The standard InChI is InChI=1S/C13H21NO/c1-2-12(10-14)13(15)9-11-7-5-3-4-6-8-11/h11-12H,2-9H2,1H3. The van der Waals surface area contributed by atoms with Crippen LogP contribution >= 0.6 is 0 Å². The number of carbonyl (C=O) groups is 1. The summed E-state index contributed by atoms with van der Waals surface area (Å²) in [6.45, 7) is 1.92. The van der Waals surface area contributed by atoms with Gasteiger partial charge in [-0.25, -0.2) is 0 Å². The molecule has 0 bridgehead atoms. The Morgan fingerprint density at radius 1 is 1.33 bits per heavy atom. The molecular weight excluding hydrogens is 186 g/mol. The molecule has 0 aromatic carbocycles. The fraction of sp³-hybridized carbons (Fsp3) is 0.846. The van der Waals surface area contributed by atoms with Gasteiger partial charge in [0.1, 0.15) is 11.7 Å². The van der Waals surface area contributed by atoms with Crippen molar-refractivity contribution in [2.75, 3.05) is 0 Å². The molecule has 1 rings (SSSR count). The molecule has 0 heterocycles. The van der Waals surface area contributed by atoms with Crippen LogP contribution in [0, 0.1) is 23.2 Å². The molecule has 2 nitrogen and oxygen atoms in total. The summed E-state index contributed by atoms with van der Waals surface area (Å²) in [6.07, 6.45) is 8.86. The third kappa shape index (κ3) is 4.03. The first-order valence-corrected chi connectivity index (χ1v) is 6.20. The van der Waals surface area contributed by atoms with Crippen LogP contribution in [0.5, 0.6) is 0 Å². The van der Waals surface area contributed by atoms with Gasteiger partial charge < -0.3 is 0 Å². The number of carbonyl (C=O) groups excluding carboxylic acids is 1. The van der Waals surface area contributed by atoms with Crippen molar-refractivity contribution in [3.05, 3.63) is 0 Å². The van der Waals surface area contributed by atoms with E-state index < -0.39 is 0 Å². The lowest BCUT2D eigenvalue weighted by Gasteiger charge is -2.14. The number of nitriles is 1. The van der Waals surface area contributed by atoms with Crippen molar-refractivity contribution in [2.24, 2.45) is 11.8 Å². The van der Waals surface area contributed by atoms with Gasteiger partial charge in [0, 0.05) is 6.42 Å². The van der Waals surface area contributed by atoms with E-state index in [9.17, 15) is 4.79 Å². The summed E-state index contributed by atoms with van der Waals surface area (Å²) in [7, 11) is 0. The zero-order chi connectivity index (χ0) is 11.1. The molecule has 84 valence electrons. The lowest BCUT2D eigenvalue weighted by molar-refractivity contribution is -0.122. The van der Waals surface area contributed by atoms with E-state index in [0.717, 1.165) is 0 Å². The first-order valence-electron chi connectivity index (χ1n) is 6.20. The number of ketones is 1. The normalized spacial score (nSPS) is 20.3. The van der Waals surface area contributed by atoms with Gasteiger partial charge in [-0.3, -0.25) is 4.79 Å². The van der Waals surface area contributed by atoms with Crippen molar-refractivity contribution >= 4 is 5.78 Å². The van der Waals surface area contributed by atoms with Crippen molar-refractivity contribution in [1.82, 2.24) is 0 Å². The van der Waals surface area contributed by atoms with Gasteiger partial charge in [0.15, 0.2) is 0 Å². The van der Waals surface area contributed by atoms with Crippen LogP contribution in [0.3, 0.4) is 0 Å². The van der Waals surface area contributed by atoms with Gasteiger partial charge in [-0.1, -0.05) is 45.4 Å². The molecule has 2 heteroatoms. The molecule has 1 fully saturated rings. The summed E-state index contributed by atoms with van der Waals surface area (Å²) >= 11 is 0. The highest BCUT2D eigenvalue weighted by Crippen LogP contribution is 2.26. The monoisotopic (exact) mass is 207 g/mol. The molecule has 1 saturated carbocycles. The SMILES string of the molecule is CCC(C#N)C(=O)CC1CCCCCC1. The topological polar surface area (TPSA) is 40.9 Å². The molecular formula is C13H21NO. The summed E-state index contributed by atoms with van der Waals surface area (Å²) in [6, 6.07) is 2.11. The Morgan fingerprint density at radius 2 is 1.93 bits per heavy atom. The van der Waals surface area contributed by atoms with Gasteiger partial charge in [-0.05, 0) is 12.3 Å². The molecule has 0 aromatic rings.